The van der Waals surface area contributed by atoms with Gasteiger partial charge in [-0.15, -0.1) is 0 Å². The van der Waals surface area contributed by atoms with Crippen molar-refractivity contribution in [3.05, 3.63) is 57.2 Å². The lowest BCUT2D eigenvalue weighted by Crippen LogP contribution is -2.56. The van der Waals surface area contributed by atoms with Gasteiger partial charge in [-0.25, -0.2) is 0 Å². The van der Waals surface area contributed by atoms with Gasteiger partial charge in [-0.2, -0.15) is 0 Å². The summed E-state index contributed by atoms with van der Waals surface area (Å²) in [5, 5.41) is 63.2. The van der Waals surface area contributed by atoms with Crippen LogP contribution in [0.5, 0.6) is 5.75 Å². The number of aliphatic hydroxyl groups is 5. The molecule has 1 aliphatic heterocycles. The number of carbonyl (C=O) groups excluding carboxylic acids is 2. The molecule has 0 saturated carbocycles. The monoisotopic (exact) mass is 456 g/mol. The van der Waals surface area contributed by atoms with Crippen molar-refractivity contribution in [2.45, 2.75) is 62.8 Å². The Bertz CT molecular complexity index is 1200. The number of allylic oxidation sites excluding steroid dienone is 2. The second kappa shape index (κ2) is 7.09. The Kier molecular flexibility index (Phi) is 4.72. The fourth-order valence-electron chi connectivity index (χ4n) is 5.14. The molecule has 6 unspecified atom stereocenters. The fourth-order valence-corrected chi connectivity index (χ4v) is 5.14. The summed E-state index contributed by atoms with van der Waals surface area (Å²) in [5.41, 5.74) is -2.62. The van der Waals surface area contributed by atoms with Gasteiger partial charge in [0.25, 0.3) is 0 Å². The van der Waals surface area contributed by atoms with Gasteiger partial charge >= 0.3 is 0 Å². The van der Waals surface area contributed by atoms with Crippen molar-refractivity contribution < 1.29 is 45.0 Å². The van der Waals surface area contributed by atoms with E-state index in [0.29, 0.717) is 18.4 Å². The van der Waals surface area contributed by atoms with Crippen LogP contribution in [-0.2, 0) is 9.53 Å². The first-order chi connectivity index (χ1) is 15.5. The number of fused-ring (bicyclic) bond motifs is 3. The molecule has 1 aromatic carbocycles. The Hall–Kier alpha value is -2.82. The quantitative estimate of drug-likeness (QED) is 0.358. The van der Waals surface area contributed by atoms with Gasteiger partial charge < -0.3 is 35.4 Å². The van der Waals surface area contributed by atoms with Crippen LogP contribution in [-0.4, -0.2) is 72.2 Å². The number of hydrogen-bond acceptors (Lipinski definition) is 9. The number of phenols is 1. The summed E-state index contributed by atoms with van der Waals surface area (Å²) in [6, 6.07) is 2.97. The van der Waals surface area contributed by atoms with E-state index in [9.17, 15) is 40.2 Å². The maximum absolute atomic E-state index is 13.4. The predicted molar refractivity (Wildman–Crippen MR) is 113 cm³/mol. The van der Waals surface area contributed by atoms with Gasteiger partial charge in [0.1, 0.15) is 23.7 Å². The van der Waals surface area contributed by atoms with Crippen molar-refractivity contribution in [3.63, 3.8) is 0 Å². The van der Waals surface area contributed by atoms with Gasteiger partial charge in [-0.3, -0.25) is 9.59 Å². The van der Waals surface area contributed by atoms with Crippen LogP contribution >= 0.6 is 0 Å². The van der Waals surface area contributed by atoms with Crippen molar-refractivity contribution in [1.29, 1.82) is 0 Å². The number of ether oxygens (including phenoxy) is 1. The standard InChI is InChI=1S/C24H24O9/c1-8-13(25)5-6-14(33-8)9-3-4-10-17(18(9)26)20(28)11-7-12-16(15(11)19(10)27)21(29)23(31)24(2,32)22(12)30/h3-4,7-8,13-14,21,23,25-27,29,31-32H,5-6H2,1-2H3. The molecule has 1 heterocycles. The molecule has 9 nitrogen and oxygen atoms in total. The highest BCUT2D eigenvalue weighted by Crippen LogP contribution is 2.50. The minimum atomic E-state index is -2.27. The largest absolute Gasteiger partial charge is 0.507 e. The van der Waals surface area contributed by atoms with Crippen LogP contribution in [0.15, 0.2) is 40.5 Å². The lowest BCUT2D eigenvalue weighted by molar-refractivity contribution is -0.154. The third-order valence-electron chi connectivity index (χ3n) is 7.16. The second-order valence-electron chi connectivity index (χ2n) is 9.20. The Morgan fingerprint density at radius 2 is 1.79 bits per heavy atom. The summed E-state index contributed by atoms with van der Waals surface area (Å²) in [6.07, 6.45) is -3.19. The third kappa shape index (κ3) is 2.84. The van der Waals surface area contributed by atoms with Crippen molar-refractivity contribution in [2.75, 3.05) is 0 Å². The molecule has 1 aromatic rings. The van der Waals surface area contributed by atoms with Crippen LogP contribution in [0.2, 0.25) is 0 Å². The number of aliphatic hydroxyl groups excluding tert-OH is 4. The third-order valence-corrected chi connectivity index (χ3v) is 7.16. The maximum Gasteiger partial charge on any atom is 0.198 e. The van der Waals surface area contributed by atoms with Gasteiger partial charge in [0.15, 0.2) is 17.2 Å². The average Bonchev–Trinajstić information content (AvgIpc) is 3.18. The van der Waals surface area contributed by atoms with Crippen LogP contribution in [0.1, 0.15) is 54.3 Å². The molecule has 174 valence electrons. The Labute approximate surface area is 188 Å². The highest BCUT2D eigenvalue weighted by molar-refractivity contribution is 6.24. The minimum Gasteiger partial charge on any atom is -0.507 e. The molecule has 9 heteroatoms. The SMILES string of the molecule is CC1OC(c2ccc3c(c2O)C(=O)C2=CC4=C(C2=C3O)C(O)C(O)C(C)(O)C4=O)CCC1O. The number of rotatable bonds is 1. The first-order valence-electron chi connectivity index (χ1n) is 10.7. The predicted octanol–water partition coefficient (Wildman–Crippen LogP) is 0.751. The fraction of sp³-hybridized carbons (Fsp3) is 0.417. The van der Waals surface area contributed by atoms with Gasteiger partial charge in [-0.1, -0.05) is 6.07 Å². The van der Waals surface area contributed by atoms with E-state index in [1.165, 1.54) is 18.2 Å². The number of hydrogen-bond donors (Lipinski definition) is 6. The molecule has 33 heavy (non-hydrogen) atoms. The smallest absolute Gasteiger partial charge is 0.198 e. The maximum atomic E-state index is 13.4. The van der Waals surface area contributed by atoms with Crippen molar-refractivity contribution in [1.82, 2.24) is 0 Å². The highest BCUT2D eigenvalue weighted by Gasteiger charge is 2.54. The lowest BCUT2D eigenvalue weighted by Gasteiger charge is -2.37. The molecule has 0 radical (unpaired) electrons. The van der Waals surface area contributed by atoms with E-state index >= 15 is 0 Å². The first-order valence-corrected chi connectivity index (χ1v) is 10.7. The van der Waals surface area contributed by atoms with Gasteiger partial charge in [0.05, 0.1) is 23.9 Å². The highest BCUT2D eigenvalue weighted by atomic mass is 16.5. The summed E-state index contributed by atoms with van der Waals surface area (Å²) in [6.45, 7) is 2.78. The van der Waals surface area contributed by atoms with E-state index in [2.05, 4.69) is 0 Å². The number of phenolic OH excluding ortho intramolecular Hbond substituents is 1. The molecule has 4 aliphatic rings. The summed E-state index contributed by atoms with van der Waals surface area (Å²) in [5.74, 6) is -2.37. The number of carbonyl (C=O) groups is 2. The van der Waals surface area contributed by atoms with E-state index in [1.807, 2.05) is 0 Å². The molecule has 6 atom stereocenters. The van der Waals surface area contributed by atoms with Crippen molar-refractivity contribution in [2.24, 2.45) is 0 Å². The second-order valence-corrected chi connectivity index (χ2v) is 9.20. The zero-order valence-electron chi connectivity index (χ0n) is 17.9. The Balaban J connectivity index is 1.64. The van der Waals surface area contributed by atoms with Crippen molar-refractivity contribution in [3.8, 4) is 5.75 Å². The van der Waals surface area contributed by atoms with E-state index < -0.39 is 53.4 Å². The number of aromatic hydroxyl groups is 1. The van der Waals surface area contributed by atoms with Crippen LogP contribution in [0, 0.1) is 0 Å². The molecule has 6 N–H and O–H groups in total. The van der Waals surface area contributed by atoms with E-state index in [4.69, 9.17) is 4.74 Å². The van der Waals surface area contributed by atoms with Gasteiger partial charge in [0.2, 0.25) is 0 Å². The molecule has 1 saturated heterocycles. The van der Waals surface area contributed by atoms with Gasteiger partial charge in [-0.05, 0) is 38.8 Å². The molecule has 3 aliphatic carbocycles. The average molecular weight is 456 g/mol. The number of ketones is 2. The molecule has 0 bridgehead atoms. The Morgan fingerprint density at radius 1 is 1.09 bits per heavy atom. The molecule has 1 fully saturated rings. The van der Waals surface area contributed by atoms with Crippen molar-refractivity contribution >= 4 is 17.3 Å². The first kappa shape index (κ1) is 22.0. The number of Topliss-reactive ketones (excluding diaryl/α,β-unsaturated/α-hetero) is 2. The molecular weight excluding hydrogens is 432 g/mol. The molecule has 0 spiro atoms. The summed E-state index contributed by atoms with van der Waals surface area (Å²) < 4.78 is 5.79. The zero-order valence-corrected chi connectivity index (χ0v) is 17.9. The van der Waals surface area contributed by atoms with Crippen LogP contribution in [0.4, 0.5) is 0 Å². The minimum absolute atomic E-state index is 0.0116. The normalized spacial score (nSPS) is 35.9. The lowest BCUT2D eigenvalue weighted by atomic mass is 9.74. The molecule has 0 amide bonds. The van der Waals surface area contributed by atoms with Gasteiger partial charge in [0, 0.05) is 33.4 Å². The summed E-state index contributed by atoms with van der Waals surface area (Å²) >= 11 is 0. The molecule has 0 aromatic heterocycles. The van der Waals surface area contributed by atoms with Crippen LogP contribution in [0.3, 0.4) is 0 Å². The molecular formula is C24H24O9. The van der Waals surface area contributed by atoms with Crippen LogP contribution < -0.4 is 0 Å². The van der Waals surface area contributed by atoms with E-state index in [1.54, 1.807) is 6.92 Å². The zero-order chi connectivity index (χ0) is 24.0. The summed E-state index contributed by atoms with van der Waals surface area (Å²) in [4.78, 5) is 26.2. The van der Waals surface area contributed by atoms with E-state index in [-0.39, 0.29) is 39.2 Å². The number of benzene rings is 1. The molecule has 5 rings (SSSR count). The Morgan fingerprint density at radius 3 is 2.45 bits per heavy atom. The van der Waals surface area contributed by atoms with Crippen LogP contribution in [0.25, 0.3) is 5.76 Å². The topological polar surface area (TPSA) is 165 Å². The summed E-state index contributed by atoms with van der Waals surface area (Å²) in [7, 11) is 0. The van der Waals surface area contributed by atoms with E-state index in [0.717, 1.165) is 6.92 Å².